The Bertz CT molecular complexity index is 924. The maximum Gasteiger partial charge on any atom is 0.317 e. The number of urea groups is 1. The SMILES string of the molecule is O=C(NCc1ccc(F)cc1)N1CCCC(Cn2cnc3cccnc32)C1. The number of hydrogen-bond donors (Lipinski definition) is 1. The van der Waals surface area contributed by atoms with Crippen molar-refractivity contribution in [3.63, 3.8) is 0 Å². The van der Waals surface area contributed by atoms with Gasteiger partial charge < -0.3 is 14.8 Å². The van der Waals surface area contributed by atoms with E-state index in [1.165, 1.54) is 12.1 Å². The molecule has 6 nitrogen and oxygen atoms in total. The number of nitrogens with one attached hydrogen (secondary N) is 1. The van der Waals surface area contributed by atoms with Crippen LogP contribution in [0.25, 0.3) is 11.2 Å². The second-order valence-corrected chi connectivity index (χ2v) is 6.98. The molecule has 4 rings (SSSR count). The molecule has 1 unspecified atom stereocenters. The number of imidazole rings is 1. The van der Waals surface area contributed by atoms with Crippen molar-refractivity contribution in [1.29, 1.82) is 0 Å². The Hall–Kier alpha value is -2.96. The molecule has 140 valence electrons. The Morgan fingerprint density at radius 2 is 2.07 bits per heavy atom. The van der Waals surface area contributed by atoms with E-state index in [0.29, 0.717) is 19.0 Å². The Morgan fingerprint density at radius 1 is 1.22 bits per heavy atom. The van der Waals surface area contributed by atoms with Crippen molar-refractivity contribution in [2.45, 2.75) is 25.9 Å². The van der Waals surface area contributed by atoms with E-state index in [0.717, 1.165) is 42.7 Å². The minimum absolute atomic E-state index is 0.0716. The van der Waals surface area contributed by atoms with E-state index >= 15 is 0 Å². The first-order chi connectivity index (χ1) is 13.2. The summed E-state index contributed by atoms with van der Waals surface area (Å²) in [7, 11) is 0. The standard InChI is InChI=1S/C20H22FN5O/c21-17-7-5-15(6-8-17)11-23-20(27)25-10-2-3-16(12-25)13-26-14-24-18-4-1-9-22-19(18)26/h1,4-9,14,16H,2-3,10-13H2,(H,23,27). The summed E-state index contributed by atoms with van der Waals surface area (Å²) in [6.45, 7) is 2.67. The van der Waals surface area contributed by atoms with Crippen LogP contribution in [0.3, 0.4) is 0 Å². The molecule has 0 aliphatic carbocycles. The smallest absolute Gasteiger partial charge is 0.317 e. The minimum Gasteiger partial charge on any atom is -0.334 e. The van der Waals surface area contributed by atoms with Gasteiger partial charge in [0.25, 0.3) is 0 Å². The first-order valence-electron chi connectivity index (χ1n) is 9.22. The molecule has 0 bridgehead atoms. The fourth-order valence-corrected chi connectivity index (χ4v) is 3.60. The second kappa shape index (κ2) is 7.73. The molecule has 1 saturated heterocycles. The summed E-state index contributed by atoms with van der Waals surface area (Å²) in [5.74, 6) is 0.0974. The molecule has 1 fully saturated rings. The summed E-state index contributed by atoms with van der Waals surface area (Å²) in [5.41, 5.74) is 2.66. The van der Waals surface area contributed by atoms with Gasteiger partial charge >= 0.3 is 6.03 Å². The third-order valence-electron chi connectivity index (χ3n) is 4.99. The van der Waals surface area contributed by atoms with Crippen LogP contribution in [0.5, 0.6) is 0 Å². The minimum atomic E-state index is -0.273. The van der Waals surface area contributed by atoms with Gasteiger partial charge in [-0.15, -0.1) is 0 Å². The average molecular weight is 367 g/mol. The van der Waals surface area contributed by atoms with Crippen molar-refractivity contribution in [1.82, 2.24) is 24.8 Å². The number of piperidine rings is 1. The zero-order valence-electron chi connectivity index (χ0n) is 15.0. The fourth-order valence-electron chi connectivity index (χ4n) is 3.60. The largest absolute Gasteiger partial charge is 0.334 e. The number of nitrogens with zero attached hydrogens (tertiary/aromatic N) is 4. The summed E-state index contributed by atoms with van der Waals surface area (Å²) >= 11 is 0. The highest BCUT2D eigenvalue weighted by molar-refractivity contribution is 5.74. The van der Waals surface area contributed by atoms with Crippen LogP contribution in [0.2, 0.25) is 0 Å². The summed E-state index contributed by atoms with van der Waals surface area (Å²) in [5, 5.41) is 2.93. The molecule has 3 aromatic rings. The normalized spacial score (nSPS) is 17.2. The second-order valence-electron chi connectivity index (χ2n) is 6.98. The summed E-state index contributed by atoms with van der Waals surface area (Å²) in [4.78, 5) is 23.2. The topological polar surface area (TPSA) is 63.1 Å². The van der Waals surface area contributed by atoms with E-state index in [2.05, 4.69) is 19.9 Å². The van der Waals surface area contributed by atoms with Gasteiger partial charge in [0.05, 0.1) is 6.33 Å². The van der Waals surface area contributed by atoms with Crippen LogP contribution in [0.15, 0.2) is 48.9 Å². The van der Waals surface area contributed by atoms with Crippen molar-refractivity contribution < 1.29 is 9.18 Å². The number of amides is 2. The van der Waals surface area contributed by atoms with Gasteiger partial charge in [-0.25, -0.2) is 19.2 Å². The molecule has 1 atom stereocenters. The Kier molecular flexibility index (Phi) is 5.00. The van der Waals surface area contributed by atoms with Crippen LogP contribution in [-0.2, 0) is 13.1 Å². The number of aromatic nitrogens is 3. The van der Waals surface area contributed by atoms with Crippen molar-refractivity contribution in [3.8, 4) is 0 Å². The Labute approximate surface area is 157 Å². The zero-order chi connectivity index (χ0) is 18.6. The number of benzene rings is 1. The molecule has 0 saturated carbocycles. The summed E-state index contributed by atoms with van der Waals surface area (Å²) < 4.78 is 15.0. The van der Waals surface area contributed by atoms with Gasteiger partial charge in [-0.2, -0.15) is 0 Å². The Balaban J connectivity index is 1.34. The van der Waals surface area contributed by atoms with Gasteiger partial charge in [0.15, 0.2) is 5.65 Å². The van der Waals surface area contributed by atoms with Crippen molar-refractivity contribution in [2.75, 3.05) is 13.1 Å². The quantitative estimate of drug-likeness (QED) is 0.770. The van der Waals surface area contributed by atoms with Crippen LogP contribution in [0.1, 0.15) is 18.4 Å². The van der Waals surface area contributed by atoms with Crippen LogP contribution in [-0.4, -0.2) is 38.6 Å². The van der Waals surface area contributed by atoms with Gasteiger partial charge in [-0.3, -0.25) is 0 Å². The van der Waals surface area contributed by atoms with E-state index < -0.39 is 0 Å². The third-order valence-corrected chi connectivity index (χ3v) is 4.99. The van der Waals surface area contributed by atoms with Crippen LogP contribution >= 0.6 is 0 Å². The molecule has 27 heavy (non-hydrogen) atoms. The predicted molar refractivity (Wildman–Crippen MR) is 100 cm³/mol. The van der Waals surface area contributed by atoms with Gasteiger partial charge in [0.1, 0.15) is 11.3 Å². The molecule has 1 aromatic carbocycles. The van der Waals surface area contributed by atoms with Crippen LogP contribution in [0, 0.1) is 11.7 Å². The number of fused-ring (bicyclic) bond motifs is 1. The first-order valence-corrected chi connectivity index (χ1v) is 9.22. The molecule has 1 aliphatic rings. The lowest BCUT2D eigenvalue weighted by molar-refractivity contribution is 0.159. The fraction of sp³-hybridized carbons (Fsp3) is 0.350. The molecular weight excluding hydrogens is 345 g/mol. The molecule has 1 aliphatic heterocycles. The highest BCUT2D eigenvalue weighted by Gasteiger charge is 2.24. The maximum absolute atomic E-state index is 13.0. The van der Waals surface area contributed by atoms with Crippen LogP contribution < -0.4 is 5.32 Å². The van der Waals surface area contributed by atoms with E-state index in [1.807, 2.05) is 23.4 Å². The van der Waals surface area contributed by atoms with Crippen LogP contribution in [0.4, 0.5) is 9.18 Å². The van der Waals surface area contributed by atoms with Gasteiger partial charge in [0.2, 0.25) is 0 Å². The Morgan fingerprint density at radius 3 is 2.93 bits per heavy atom. The highest BCUT2D eigenvalue weighted by atomic mass is 19.1. The molecule has 0 radical (unpaired) electrons. The monoisotopic (exact) mass is 367 g/mol. The highest BCUT2D eigenvalue weighted by Crippen LogP contribution is 2.20. The van der Waals surface area contributed by atoms with E-state index in [-0.39, 0.29) is 11.8 Å². The molecule has 2 aromatic heterocycles. The number of pyridine rings is 1. The molecule has 3 heterocycles. The lowest BCUT2D eigenvalue weighted by Crippen LogP contribution is -2.46. The molecule has 0 spiro atoms. The van der Waals surface area contributed by atoms with E-state index in [9.17, 15) is 9.18 Å². The zero-order valence-corrected chi connectivity index (χ0v) is 15.0. The van der Waals surface area contributed by atoms with E-state index in [1.54, 1.807) is 18.3 Å². The summed E-state index contributed by atoms with van der Waals surface area (Å²) in [6, 6.07) is 9.95. The number of halogens is 1. The molecular formula is C20H22FN5O. The summed E-state index contributed by atoms with van der Waals surface area (Å²) in [6.07, 6.45) is 5.66. The number of rotatable bonds is 4. The predicted octanol–water partition coefficient (Wildman–Crippen LogP) is 3.19. The average Bonchev–Trinajstić information content (AvgIpc) is 3.10. The molecule has 7 heteroatoms. The van der Waals surface area contributed by atoms with Gasteiger partial charge in [-0.05, 0) is 48.6 Å². The number of carbonyl (C=O) groups excluding carboxylic acids is 1. The van der Waals surface area contributed by atoms with Gasteiger partial charge in [0, 0.05) is 32.4 Å². The number of hydrogen-bond acceptors (Lipinski definition) is 3. The lowest BCUT2D eigenvalue weighted by atomic mass is 9.98. The molecule has 1 N–H and O–H groups in total. The number of likely N-dealkylation sites (tertiary alicyclic amines) is 1. The third kappa shape index (κ3) is 4.07. The van der Waals surface area contributed by atoms with Crippen molar-refractivity contribution >= 4 is 17.2 Å². The van der Waals surface area contributed by atoms with Gasteiger partial charge in [-0.1, -0.05) is 12.1 Å². The lowest BCUT2D eigenvalue weighted by Gasteiger charge is -2.33. The molecule has 2 amide bonds. The van der Waals surface area contributed by atoms with Crippen molar-refractivity contribution in [3.05, 3.63) is 60.3 Å². The maximum atomic E-state index is 13.0. The first kappa shape index (κ1) is 17.5. The van der Waals surface area contributed by atoms with E-state index in [4.69, 9.17) is 0 Å². The van der Waals surface area contributed by atoms with Crippen molar-refractivity contribution in [2.24, 2.45) is 5.92 Å². The number of carbonyl (C=O) groups is 1.